The minimum absolute atomic E-state index is 0.0391. The highest BCUT2D eigenvalue weighted by atomic mass is 19.1. The molecular weight excluding hydrogens is 450 g/mol. The van der Waals surface area contributed by atoms with Crippen LogP contribution in [0.15, 0.2) is 53.1 Å². The average Bonchev–Trinajstić information content (AvgIpc) is 3.26. The fraction of sp³-hybridized carbons (Fsp3) is 0.407. The molecule has 3 aromatic rings. The average molecular weight is 483 g/mol. The Kier molecular flexibility index (Phi) is 7.80. The predicted molar refractivity (Wildman–Crippen MR) is 132 cm³/mol. The minimum Gasteiger partial charge on any atom is -0.338 e. The molecule has 2 heterocycles. The SMILES string of the molecule is CC(C)CCN(Cc1c(-c2ccc(F)cc2)noc1N1CCN(C)CC1)C(=O)c1ccccc1F. The van der Waals surface area contributed by atoms with Crippen molar-refractivity contribution in [2.75, 3.05) is 44.7 Å². The van der Waals surface area contributed by atoms with Crippen LogP contribution in [0.25, 0.3) is 11.3 Å². The molecule has 0 bridgehead atoms. The molecule has 0 atom stereocenters. The first-order valence-electron chi connectivity index (χ1n) is 12.0. The van der Waals surface area contributed by atoms with E-state index in [1.54, 1.807) is 29.2 Å². The van der Waals surface area contributed by atoms with Crippen molar-refractivity contribution in [3.63, 3.8) is 0 Å². The van der Waals surface area contributed by atoms with Gasteiger partial charge in [0.1, 0.15) is 17.3 Å². The maximum absolute atomic E-state index is 14.5. The second kappa shape index (κ2) is 11.0. The first-order chi connectivity index (χ1) is 16.8. The van der Waals surface area contributed by atoms with Gasteiger partial charge in [-0.25, -0.2) is 8.78 Å². The van der Waals surface area contributed by atoms with Crippen molar-refractivity contribution >= 4 is 11.8 Å². The zero-order valence-electron chi connectivity index (χ0n) is 20.5. The number of carbonyl (C=O) groups excluding carboxylic acids is 1. The minimum atomic E-state index is -0.546. The fourth-order valence-corrected chi connectivity index (χ4v) is 4.20. The molecule has 1 aliphatic heterocycles. The number of hydrogen-bond donors (Lipinski definition) is 0. The van der Waals surface area contributed by atoms with Gasteiger partial charge in [0.2, 0.25) is 5.88 Å². The number of aromatic nitrogens is 1. The molecule has 2 aromatic carbocycles. The van der Waals surface area contributed by atoms with Crippen molar-refractivity contribution in [3.05, 3.63) is 71.3 Å². The fourth-order valence-electron chi connectivity index (χ4n) is 4.20. The Labute approximate surface area is 205 Å². The van der Waals surface area contributed by atoms with Gasteiger partial charge in [-0.05, 0) is 55.8 Å². The van der Waals surface area contributed by atoms with E-state index in [1.807, 2.05) is 0 Å². The number of hydrogen-bond acceptors (Lipinski definition) is 5. The highest BCUT2D eigenvalue weighted by Crippen LogP contribution is 2.34. The zero-order valence-corrected chi connectivity index (χ0v) is 20.5. The van der Waals surface area contributed by atoms with Gasteiger partial charge in [0.15, 0.2) is 0 Å². The van der Waals surface area contributed by atoms with Gasteiger partial charge in [-0.1, -0.05) is 31.1 Å². The van der Waals surface area contributed by atoms with Crippen LogP contribution in [0.2, 0.25) is 0 Å². The molecule has 1 amide bonds. The van der Waals surface area contributed by atoms with E-state index < -0.39 is 5.82 Å². The standard InChI is InChI=1S/C27H32F2N4O2/c1-19(2)12-13-33(26(34)22-6-4-5-7-24(22)29)18-23-25(20-8-10-21(28)11-9-20)30-35-27(23)32-16-14-31(3)15-17-32/h4-11,19H,12-18H2,1-3H3. The molecule has 4 rings (SSSR count). The molecule has 0 spiro atoms. The van der Waals surface area contributed by atoms with Gasteiger partial charge in [0.25, 0.3) is 5.91 Å². The first kappa shape index (κ1) is 24.9. The zero-order chi connectivity index (χ0) is 24.9. The molecular formula is C27H32F2N4O2. The van der Waals surface area contributed by atoms with Crippen molar-refractivity contribution in [1.82, 2.24) is 15.0 Å². The number of likely N-dealkylation sites (N-methyl/N-ethyl adjacent to an activating group) is 1. The molecule has 1 fully saturated rings. The van der Waals surface area contributed by atoms with Crippen molar-refractivity contribution in [2.24, 2.45) is 5.92 Å². The molecule has 1 saturated heterocycles. The summed E-state index contributed by atoms with van der Waals surface area (Å²) in [6, 6.07) is 12.1. The molecule has 1 aliphatic rings. The summed E-state index contributed by atoms with van der Waals surface area (Å²) in [6.45, 7) is 8.10. The van der Waals surface area contributed by atoms with Crippen molar-refractivity contribution < 1.29 is 18.1 Å². The lowest BCUT2D eigenvalue weighted by Gasteiger charge is -2.33. The second-order valence-corrected chi connectivity index (χ2v) is 9.50. The summed E-state index contributed by atoms with van der Waals surface area (Å²) in [5.41, 5.74) is 2.05. The van der Waals surface area contributed by atoms with Crippen LogP contribution in [0.5, 0.6) is 0 Å². The highest BCUT2D eigenvalue weighted by molar-refractivity contribution is 5.94. The molecule has 0 unspecified atom stereocenters. The number of carbonyl (C=O) groups is 1. The molecule has 0 N–H and O–H groups in total. The number of rotatable bonds is 8. The Bertz CT molecular complexity index is 1140. The largest absolute Gasteiger partial charge is 0.338 e. The number of piperazine rings is 1. The number of nitrogens with zero attached hydrogens (tertiary/aromatic N) is 4. The van der Waals surface area contributed by atoms with Gasteiger partial charge < -0.3 is 19.2 Å². The normalized spacial score (nSPS) is 14.5. The molecule has 1 aromatic heterocycles. The maximum Gasteiger partial charge on any atom is 0.257 e. The molecule has 6 nitrogen and oxygen atoms in total. The van der Waals surface area contributed by atoms with Gasteiger partial charge in [-0.3, -0.25) is 4.79 Å². The topological polar surface area (TPSA) is 52.8 Å². The summed E-state index contributed by atoms with van der Waals surface area (Å²) >= 11 is 0. The van der Waals surface area contributed by atoms with Crippen LogP contribution in [0.3, 0.4) is 0 Å². The van der Waals surface area contributed by atoms with Crippen molar-refractivity contribution in [2.45, 2.75) is 26.8 Å². The molecule has 0 aliphatic carbocycles. The summed E-state index contributed by atoms with van der Waals surface area (Å²) in [5.74, 6) is -0.295. The molecule has 186 valence electrons. The lowest BCUT2D eigenvalue weighted by atomic mass is 10.0. The third-order valence-electron chi connectivity index (χ3n) is 6.39. The Morgan fingerprint density at radius 3 is 2.40 bits per heavy atom. The monoisotopic (exact) mass is 482 g/mol. The van der Waals surface area contributed by atoms with E-state index in [2.05, 4.69) is 35.9 Å². The van der Waals surface area contributed by atoms with E-state index >= 15 is 0 Å². The molecule has 35 heavy (non-hydrogen) atoms. The summed E-state index contributed by atoms with van der Waals surface area (Å²) in [6.07, 6.45) is 0.765. The quantitative estimate of drug-likeness (QED) is 0.449. The van der Waals surface area contributed by atoms with Crippen LogP contribution >= 0.6 is 0 Å². The molecule has 0 radical (unpaired) electrons. The van der Waals surface area contributed by atoms with Gasteiger partial charge >= 0.3 is 0 Å². The smallest absolute Gasteiger partial charge is 0.257 e. The second-order valence-electron chi connectivity index (χ2n) is 9.50. The third-order valence-corrected chi connectivity index (χ3v) is 6.39. The van der Waals surface area contributed by atoms with Crippen LogP contribution in [0, 0.1) is 17.6 Å². The Balaban J connectivity index is 1.73. The maximum atomic E-state index is 14.5. The van der Waals surface area contributed by atoms with E-state index in [0.29, 0.717) is 29.6 Å². The van der Waals surface area contributed by atoms with Crippen LogP contribution in [-0.4, -0.2) is 60.6 Å². The van der Waals surface area contributed by atoms with Crippen molar-refractivity contribution in [1.29, 1.82) is 0 Å². The summed E-state index contributed by atoms with van der Waals surface area (Å²) in [4.78, 5) is 19.5. The van der Waals surface area contributed by atoms with Gasteiger partial charge in [0.05, 0.1) is 17.7 Å². The first-order valence-corrected chi connectivity index (χ1v) is 12.0. The number of benzene rings is 2. The van der Waals surface area contributed by atoms with E-state index in [-0.39, 0.29) is 23.8 Å². The molecule has 8 heteroatoms. The number of anilines is 1. The van der Waals surface area contributed by atoms with Gasteiger partial charge in [0, 0.05) is 38.3 Å². The van der Waals surface area contributed by atoms with Crippen molar-refractivity contribution in [3.8, 4) is 11.3 Å². The van der Waals surface area contributed by atoms with Gasteiger partial charge in [-0.2, -0.15) is 0 Å². The lowest BCUT2D eigenvalue weighted by Crippen LogP contribution is -2.45. The summed E-state index contributed by atoms with van der Waals surface area (Å²) in [7, 11) is 2.07. The summed E-state index contributed by atoms with van der Waals surface area (Å²) < 4.78 is 34.0. The Morgan fingerprint density at radius 2 is 1.74 bits per heavy atom. The number of amides is 1. The lowest BCUT2D eigenvalue weighted by molar-refractivity contribution is 0.0731. The molecule has 0 saturated carbocycles. The third kappa shape index (κ3) is 5.88. The van der Waals surface area contributed by atoms with Crippen LogP contribution in [0.4, 0.5) is 14.7 Å². The number of halogens is 2. The summed E-state index contributed by atoms with van der Waals surface area (Å²) in [5, 5.41) is 4.34. The van der Waals surface area contributed by atoms with Gasteiger partial charge in [-0.15, -0.1) is 0 Å². The van der Waals surface area contributed by atoms with Crippen LogP contribution < -0.4 is 4.90 Å². The predicted octanol–water partition coefficient (Wildman–Crippen LogP) is 5.06. The Morgan fingerprint density at radius 1 is 1.06 bits per heavy atom. The van der Waals surface area contributed by atoms with E-state index in [9.17, 15) is 13.6 Å². The van der Waals surface area contributed by atoms with Crippen LogP contribution in [-0.2, 0) is 6.54 Å². The highest BCUT2D eigenvalue weighted by Gasteiger charge is 2.29. The van der Waals surface area contributed by atoms with E-state index in [1.165, 1.54) is 24.3 Å². The van der Waals surface area contributed by atoms with Crippen LogP contribution in [0.1, 0.15) is 36.2 Å². The van der Waals surface area contributed by atoms with E-state index in [0.717, 1.165) is 38.2 Å². The van der Waals surface area contributed by atoms with E-state index in [4.69, 9.17) is 4.52 Å². The Hall–Kier alpha value is -3.26.